The molecule has 0 saturated heterocycles. The molecule has 0 fully saturated rings. The van der Waals surface area contributed by atoms with E-state index in [0.29, 0.717) is 23.2 Å². The highest BCUT2D eigenvalue weighted by Crippen LogP contribution is 2.37. The van der Waals surface area contributed by atoms with Crippen molar-refractivity contribution >= 4 is 17.7 Å². The van der Waals surface area contributed by atoms with Gasteiger partial charge in [-0.25, -0.2) is 4.79 Å². The summed E-state index contributed by atoms with van der Waals surface area (Å²) in [4.78, 5) is 13.8. The number of esters is 1. The monoisotopic (exact) mass is 498 g/mol. The van der Waals surface area contributed by atoms with Crippen LogP contribution in [-0.2, 0) is 4.74 Å². The van der Waals surface area contributed by atoms with Crippen molar-refractivity contribution in [2.24, 2.45) is 0 Å². The van der Waals surface area contributed by atoms with E-state index in [1.807, 2.05) is 79.7 Å². The normalized spacial score (nSPS) is 12.7. The van der Waals surface area contributed by atoms with Crippen LogP contribution in [0.25, 0.3) is 22.9 Å². The molecule has 2 aromatic heterocycles. The number of carbonyl (C=O) groups excluding carboxylic acids is 1. The van der Waals surface area contributed by atoms with Gasteiger partial charge in [0.15, 0.2) is 6.10 Å². The fourth-order valence-corrected chi connectivity index (χ4v) is 4.46. The first-order chi connectivity index (χ1) is 17.6. The van der Waals surface area contributed by atoms with Crippen LogP contribution < -0.4 is 0 Å². The van der Waals surface area contributed by atoms with Gasteiger partial charge in [0.05, 0.1) is 10.8 Å². The zero-order valence-corrected chi connectivity index (χ0v) is 20.4. The van der Waals surface area contributed by atoms with Crippen molar-refractivity contribution in [2.45, 2.75) is 30.1 Å². The number of ether oxygens (including phenoxy) is 1. The Hall–Kier alpha value is -4.24. The van der Waals surface area contributed by atoms with E-state index in [2.05, 4.69) is 20.4 Å². The number of nitrogens with zero attached hydrogens (tertiary/aromatic N) is 4. The van der Waals surface area contributed by atoms with Gasteiger partial charge in [0.2, 0.25) is 17.7 Å². The van der Waals surface area contributed by atoms with Crippen LogP contribution in [0.1, 0.15) is 47.3 Å². The summed E-state index contributed by atoms with van der Waals surface area (Å²) in [5.41, 5.74) is 2.07. The topological polar surface area (TPSA) is 104 Å². The molecule has 0 bridgehead atoms. The van der Waals surface area contributed by atoms with Crippen molar-refractivity contribution in [3.8, 4) is 22.9 Å². The molecule has 5 aromatic rings. The predicted molar refractivity (Wildman–Crippen MR) is 134 cm³/mol. The van der Waals surface area contributed by atoms with Crippen LogP contribution in [0.5, 0.6) is 0 Å². The Morgan fingerprint density at radius 3 is 1.89 bits per heavy atom. The molecule has 5 rings (SSSR count). The van der Waals surface area contributed by atoms with E-state index < -0.39 is 12.1 Å². The van der Waals surface area contributed by atoms with E-state index in [0.717, 1.165) is 16.0 Å². The number of hydrogen-bond acceptors (Lipinski definition) is 9. The van der Waals surface area contributed by atoms with Crippen molar-refractivity contribution < 1.29 is 18.4 Å². The third-order valence-electron chi connectivity index (χ3n) is 5.31. The fourth-order valence-electron chi connectivity index (χ4n) is 3.45. The van der Waals surface area contributed by atoms with Crippen LogP contribution in [0.4, 0.5) is 0 Å². The molecular formula is C27H22N4O4S. The van der Waals surface area contributed by atoms with Gasteiger partial charge >= 0.3 is 5.97 Å². The lowest BCUT2D eigenvalue weighted by Crippen LogP contribution is -2.11. The Kier molecular flexibility index (Phi) is 6.90. The van der Waals surface area contributed by atoms with Gasteiger partial charge in [-0.15, -0.1) is 32.2 Å². The summed E-state index contributed by atoms with van der Waals surface area (Å²) in [5.74, 6) is 1.02. The van der Waals surface area contributed by atoms with E-state index in [-0.39, 0.29) is 11.1 Å². The number of carbonyl (C=O) groups is 1. The maximum atomic E-state index is 13.1. The van der Waals surface area contributed by atoms with Crippen molar-refractivity contribution in [1.29, 1.82) is 0 Å². The number of benzene rings is 3. The Morgan fingerprint density at radius 2 is 1.25 bits per heavy atom. The van der Waals surface area contributed by atoms with Crippen LogP contribution >= 0.6 is 11.8 Å². The summed E-state index contributed by atoms with van der Waals surface area (Å²) < 4.78 is 17.3. The second-order valence-electron chi connectivity index (χ2n) is 7.93. The standard InChI is InChI=1S/C27H22N4O4S/c1-17(23-28-30-25(34-23)19-11-5-3-6-12-19)33-27(32)21-15-9-10-16-22(21)36-18(2)24-29-31-26(35-24)20-13-7-4-8-14-20/h3-18H,1-2H3. The number of hydrogen-bond donors (Lipinski definition) is 0. The molecular weight excluding hydrogens is 476 g/mol. The van der Waals surface area contributed by atoms with Gasteiger partial charge in [-0.1, -0.05) is 48.5 Å². The molecule has 2 unspecified atom stereocenters. The Balaban J connectivity index is 1.28. The molecule has 36 heavy (non-hydrogen) atoms. The molecule has 0 aliphatic rings. The second kappa shape index (κ2) is 10.6. The molecule has 0 aliphatic carbocycles. The summed E-state index contributed by atoms with van der Waals surface area (Å²) in [7, 11) is 0. The van der Waals surface area contributed by atoms with E-state index in [9.17, 15) is 4.79 Å². The lowest BCUT2D eigenvalue weighted by atomic mass is 10.2. The quantitative estimate of drug-likeness (QED) is 0.174. The van der Waals surface area contributed by atoms with Crippen LogP contribution in [0, 0.1) is 0 Å². The van der Waals surface area contributed by atoms with Gasteiger partial charge in [-0.05, 0) is 50.2 Å². The fraction of sp³-hybridized carbons (Fsp3) is 0.148. The average Bonchev–Trinajstić information content (AvgIpc) is 3.61. The Bertz CT molecular complexity index is 1450. The van der Waals surface area contributed by atoms with Gasteiger partial charge in [0.1, 0.15) is 0 Å². The van der Waals surface area contributed by atoms with Gasteiger partial charge < -0.3 is 13.6 Å². The molecule has 0 radical (unpaired) electrons. The van der Waals surface area contributed by atoms with Crippen molar-refractivity contribution in [3.05, 3.63) is 102 Å². The summed E-state index contributed by atoms with van der Waals surface area (Å²) >= 11 is 1.44. The minimum atomic E-state index is -0.720. The summed E-state index contributed by atoms with van der Waals surface area (Å²) in [5, 5.41) is 16.3. The van der Waals surface area contributed by atoms with Crippen molar-refractivity contribution in [2.75, 3.05) is 0 Å². The maximum absolute atomic E-state index is 13.1. The minimum Gasteiger partial charge on any atom is -0.449 e. The second-order valence-corrected chi connectivity index (χ2v) is 9.31. The van der Waals surface area contributed by atoms with Crippen LogP contribution in [0.2, 0.25) is 0 Å². The van der Waals surface area contributed by atoms with Crippen LogP contribution in [0.3, 0.4) is 0 Å². The third-order valence-corrected chi connectivity index (χ3v) is 6.48. The molecule has 3 aromatic carbocycles. The zero-order chi connectivity index (χ0) is 24.9. The van der Waals surface area contributed by atoms with E-state index in [4.69, 9.17) is 13.6 Å². The predicted octanol–water partition coefficient (Wildman–Crippen LogP) is 6.56. The summed E-state index contributed by atoms with van der Waals surface area (Å²) in [6.45, 7) is 3.64. The van der Waals surface area contributed by atoms with Gasteiger partial charge in [-0.2, -0.15) is 0 Å². The first kappa shape index (κ1) is 23.5. The number of aromatic nitrogens is 4. The number of rotatable bonds is 8. The molecule has 2 atom stereocenters. The molecule has 0 saturated carbocycles. The SMILES string of the molecule is CC(OC(=O)c1ccccc1SC(C)c1nnc(-c2ccccc2)o1)c1nnc(-c2ccccc2)o1. The van der Waals surface area contributed by atoms with Crippen molar-refractivity contribution in [3.63, 3.8) is 0 Å². The molecule has 0 amide bonds. The van der Waals surface area contributed by atoms with E-state index >= 15 is 0 Å². The summed E-state index contributed by atoms with van der Waals surface area (Å²) in [6.07, 6.45) is -0.720. The van der Waals surface area contributed by atoms with Gasteiger partial charge in [-0.3, -0.25) is 0 Å². The molecule has 2 heterocycles. The minimum absolute atomic E-state index is 0.189. The molecule has 8 nitrogen and oxygen atoms in total. The van der Waals surface area contributed by atoms with Gasteiger partial charge in [0, 0.05) is 16.0 Å². The van der Waals surface area contributed by atoms with Crippen molar-refractivity contribution in [1.82, 2.24) is 20.4 Å². The molecule has 0 N–H and O–H groups in total. The average molecular weight is 499 g/mol. The highest BCUT2D eigenvalue weighted by atomic mass is 32.2. The van der Waals surface area contributed by atoms with Crippen LogP contribution in [0.15, 0.2) is 98.7 Å². The highest BCUT2D eigenvalue weighted by molar-refractivity contribution is 7.99. The maximum Gasteiger partial charge on any atom is 0.340 e. The molecule has 180 valence electrons. The third kappa shape index (κ3) is 5.21. The Labute approximate surface area is 211 Å². The summed E-state index contributed by atoms with van der Waals surface area (Å²) in [6, 6.07) is 26.2. The zero-order valence-electron chi connectivity index (χ0n) is 19.6. The highest BCUT2D eigenvalue weighted by Gasteiger charge is 2.24. The van der Waals surface area contributed by atoms with Crippen LogP contribution in [-0.4, -0.2) is 26.4 Å². The lowest BCUT2D eigenvalue weighted by Gasteiger charge is -2.13. The van der Waals surface area contributed by atoms with Gasteiger partial charge in [0.25, 0.3) is 5.89 Å². The molecule has 0 aliphatic heterocycles. The Morgan fingerprint density at radius 1 is 0.722 bits per heavy atom. The first-order valence-corrected chi connectivity index (χ1v) is 12.2. The lowest BCUT2D eigenvalue weighted by molar-refractivity contribution is 0.0275. The first-order valence-electron chi connectivity index (χ1n) is 11.3. The smallest absolute Gasteiger partial charge is 0.340 e. The van der Waals surface area contributed by atoms with E-state index in [1.165, 1.54) is 11.8 Å². The molecule has 0 spiro atoms. The van der Waals surface area contributed by atoms with E-state index in [1.54, 1.807) is 19.1 Å². The molecule has 9 heteroatoms. The largest absolute Gasteiger partial charge is 0.449 e. The number of thioether (sulfide) groups is 1.